The Hall–Kier alpha value is -1.66. The molecule has 60 valence electrons. The second-order valence-corrected chi connectivity index (χ2v) is 2.26. The number of hydrogen-bond donors (Lipinski definition) is 0. The van der Waals surface area contributed by atoms with Gasteiger partial charge in [-0.15, -0.1) is 0 Å². The molecule has 0 aromatic heterocycles. The van der Waals surface area contributed by atoms with Crippen molar-refractivity contribution in [2.75, 3.05) is 0 Å². The molecule has 12 heavy (non-hydrogen) atoms. The Balaban J connectivity index is 3.16. The van der Waals surface area contributed by atoms with Gasteiger partial charge >= 0.3 is 0 Å². The Morgan fingerprint density at radius 2 is 2.17 bits per heavy atom. The van der Waals surface area contributed by atoms with Crippen LogP contribution in [0.15, 0.2) is 35.3 Å². The van der Waals surface area contributed by atoms with Crippen molar-refractivity contribution in [1.29, 1.82) is 0 Å². The Kier molecular flexibility index (Phi) is 3.00. The van der Waals surface area contributed by atoms with Gasteiger partial charge in [0.25, 0.3) is 0 Å². The summed E-state index contributed by atoms with van der Waals surface area (Å²) in [5.74, 6) is 0. The summed E-state index contributed by atoms with van der Waals surface area (Å²) < 4.78 is 0. The first-order valence-corrected chi connectivity index (χ1v) is 3.68. The van der Waals surface area contributed by atoms with Crippen LogP contribution in [0.1, 0.15) is 12.5 Å². The molecule has 2 nitrogen and oxygen atoms in total. The molecule has 0 unspecified atom stereocenters. The second-order valence-electron chi connectivity index (χ2n) is 2.26. The molecular weight excluding hydrogens is 150 g/mol. The van der Waals surface area contributed by atoms with Gasteiger partial charge in [0, 0.05) is 5.56 Å². The van der Waals surface area contributed by atoms with Gasteiger partial charge in [0.2, 0.25) is 6.08 Å². The van der Waals surface area contributed by atoms with E-state index in [-0.39, 0.29) is 0 Å². The van der Waals surface area contributed by atoms with Crippen LogP contribution in [0.2, 0.25) is 0 Å². The molecule has 0 aliphatic rings. The summed E-state index contributed by atoms with van der Waals surface area (Å²) in [4.78, 5) is 13.6. The Morgan fingerprint density at radius 3 is 2.83 bits per heavy atom. The fourth-order valence-corrected chi connectivity index (χ4v) is 0.959. The molecule has 0 bridgehead atoms. The molecule has 1 aromatic rings. The lowest BCUT2D eigenvalue weighted by Gasteiger charge is -1.95. The van der Waals surface area contributed by atoms with Crippen molar-refractivity contribution in [3.63, 3.8) is 0 Å². The Bertz CT molecular complexity index is 335. The van der Waals surface area contributed by atoms with Crippen LogP contribution in [0.5, 0.6) is 0 Å². The van der Waals surface area contributed by atoms with Crippen molar-refractivity contribution >= 4 is 17.8 Å². The van der Waals surface area contributed by atoms with E-state index in [1.807, 2.05) is 37.3 Å². The van der Waals surface area contributed by atoms with Crippen molar-refractivity contribution in [3.8, 4) is 0 Å². The van der Waals surface area contributed by atoms with Crippen molar-refractivity contribution < 1.29 is 4.79 Å². The molecule has 0 radical (unpaired) electrons. The average Bonchev–Trinajstić information content (AvgIpc) is 2.09. The van der Waals surface area contributed by atoms with E-state index in [0.717, 1.165) is 5.56 Å². The van der Waals surface area contributed by atoms with Crippen molar-refractivity contribution in [3.05, 3.63) is 35.9 Å². The fourth-order valence-electron chi connectivity index (χ4n) is 0.959. The number of allylic oxidation sites excluding steroid dienone is 1. The van der Waals surface area contributed by atoms with E-state index in [1.165, 1.54) is 6.08 Å². The maximum Gasteiger partial charge on any atom is 0.240 e. The highest BCUT2D eigenvalue weighted by Gasteiger charge is 1.93. The highest BCUT2D eigenvalue weighted by atomic mass is 16.1. The quantitative estimate of drug-likeness (QED) is 0.482. The molecule has 1 aromatic carbocycles. The van der Waals surface area contributed by atoms with Crippen molar-refractivity contribution in [2.45, 2.75) is 6.92 Å². The van der Waals surface area contributed by atoms with Crippen LogP contribution in [0.25, 0.3) is 6.08 Å². The maximum atomic E-state index is 10.0. The van der Waals surface area contributed by atoms with Gasteiger partial charge in [-0.25, -0.2) is 4.79 Å². The van der Waals surface area contributed by atoms with Gasteiger partial charge in [0.15, 0.2) is 0 Å². The molecule has 0 spiro atoms. The maximum absolute atomic E-state index is 10.0. The summed E-state index contributed by atoms with van der Waals surface area (Å²) in [5.41, 5.74) is 1.59. The molecule has 0 aliphatic heterocycles. The molecular formula is C10H9NO. The van der Waals surface area contributed by atoms with Gasteiger partial charge in [-0.2, -0.15) is 4.99 Å². The minimum Gasteiger partial charge on any atom is -0.211 e. The number of isocyanates is 1. The molecule has 1 rings (SSSR count). The molecule has 0 saturated heterocycles. The number of aliphatic imine (C=N–C) groups is 1. The largest absolute Gasteiger partial charge is 0.240 e. The van der Waals surface area contributed by atoms with Crippen LogP contribution in [-0.4, -0.2) is 6.08 Å². The standard InChI is InChI=1S/C10H9NO/c1-2-5-9-6-3-4-7-10(9)11-8-12/h2-7H,1H3/b5-2-. The lowest BCUT2D eigenvalue weighted by Crippen LogP contribution is -1.72. The first-order chi connectivity index (χ1) is 5.88. The second kappa shape index (κ2) is 4.27. The minimum atomic E-state index is 0.658. The number of carbonyl (C=O) groups excluding carboxylic acids is 1. The monoisotopic (exact) mass is 159 g/mol. The molecule has 0 atom stereocenters. The normalized spacial score (nSPS) is 9.75. The third kappa shape index (κ3) is 1.91. The lowest BCUT2D eigenvalue weighted by molar-refractivity contribution is 0.565. The van der Waals surface area contributed by atoms with Crippen LogP contribution in [-0.2, 0) is 4.79 Å². The van der Waals surface area contributed by atoms with E-state index in [2.05, 4.69) is 4.99 Å². The first-order valence-electron chi connectivity index (χ1n) is 3.68. The zero-order chi connectivity index (χ0) is 8.81. The summed E-state index contributed by atoms with van der Waals surface area (Å²) in [6.45, 7) is 1.92. The van der Waals surface area contributed by atoms with E-state index in [1.54, 1.807) is 6.07 Å². The molecule has 0 fully saturated rings. The molecule has 0 saturated carbocycles. The zero-order valence-corrected chi connectivity index (χ0v) is 6.82. The molecule has 0 N–H and O–H groups in total. The summed E-state index contributed by atoms with van der Waals surface area (Å²) in [6.07, 6.45) is 5.32. The molecule has 0 aliphatic carbocycles. The van der Waals surface area contributed by atoms with E-state index in [9.17, 15) is 4.79 Å². The van der Waals surface area contributed by atoms with E-state index in [4.69, 9.17) is 0 Å². The predicted molar refractivity (Wildman–Crippen MR) is 48.9 cm³/mol. The number of hydrogen-bond acceptors (Lipinski definition) is 2. The summed E-state index contributed by atoms with van der Waals surface area (Å²) in [6, 6.07) is 7.42. The lowest BCUT2D eigenvalue weighted by atomic mass is 10.2. The average molecular weight is 159 g/mol. The van der Waals surface area contributed by atoms with Crippen LogP contribution in [0, 0.1) is 0 Å². The van der Waals surface area contributed by atoms with Crippen LogP contribution >= 0.6 is 0 Å². The van der Waals surface area contributed by atoms with Gasteiger partial charge < -0.3 is 0 Å². The third-order valence-corrected chi connectivity index (χ3v) is 1.45. The first kappa shape index (κ1) is 8.44. The third-order valence-electron chi connectivity index (χ3n) is 1.45. The number of para-hydroxylation sites is 1. The SMILES string of the molecule is C/C=C\c1ccccc1N=C=O. The van der Waals surface area contributed by atoms with Gasteiger partial charge in [-0.3, -0.25) is 0 Å². The summed E-state index contributed by atoms with van der Waals surface area (Å²) in [5, 5.41) is 0. The van der Waals surface area contributed by atoms with Gasteiger partial charge in [0.1, 0.15) is 0 Å². The van der Waals surface area contributed by atoms with Crippen molar-refractivity contribution in [2.24, 2.45) is 4.99 Å². The van der Waals surface area contributed by atoms with E-state index >= 15 is 0 Å². The zero-order valence-electron chi connectivity index (χ0n) is 6.82. The highest BCUT2D eigenvalue weighted by molar-refractivity contribution is 5.66. The molecule has 0 heterocycles. The van der Waals surface area contributed by atoms with E-state index < -0.39 is 0 Å². The van der Waals surface area contributed by atoms with E-state index in [0.29, 0.717) is 5.69 Å². The van der Waals surface area contributed by atoms with Crippen molar-refractivity contribution in [1.82, 2.24) is 0 Å². The smallest absolute Gasteiger partial charge is 0.211 e. The predicted octanol–water partition coefficient (Wildman–Crippen LogP) is 2.69. The minimum absolute atomic E-state index is 0.658. The topological polar surface area (TPSA) is 29.4 Å². The summed E-state index contributed by atoms with van der Waals surface area (Å²) >= 11 is 0. The Morgan fingerprint density at radius 1 is 1.42 bits per heavy atom. The number of benzene rings is 1. The molecule has 0 amide bonds. The van der Waals surface area contributed by atoms with Gasteiger partial charge in [-0.1, -0.05) is 30.4 Å². The fraction of sp³-hybridized carbons (Fsp3) is 0.100. The number of rotatable bonds is 2. The van der Waals surface area contributed by atoms with Gasteiger partial charge in [-0.05, 0) is 13.0 Å². The van der Waals surface area contributed by atoms with Crippen LogP contribution < -0.4 is 0 Å². The van der Waals surface area contributed by atoms with Crippen LogP contribution in [0.3, 0.4) is 0 Å². The summed E-state index contributed by atoms with van der Waals surface area (Å²) in [7, 11) is 0. The van der Waals surface area contributed by atoms with Gasteiger partial charge in [0.05, 0.1) is 5.69 Å². The molecule has 2 heteroatoms. The Labute approximate surface area is 71.3 Å². The van der Waals surface area contributed by atoms with Crippen LogP contribution in [0.4, 0.5) is 5.69 Å². The highest BCUT2D eigenvalue weighted by Crippen LogP contribution is 2.18. The number of nitrogens with zero attached hydrogens (tertiary/aromatic N) is 1.